The average Bonchev–Trinajstić information content (AvgIpc) is 2.09. The molecule has 1 fully saturated rings. The number of alkyl halides is 1. The first kappa shape index (κ1) is 11.2. The summed E-state index contributed by atoms with van der Waals surface area (Å²) >= 11 is 0. The minimum Gasteiger partial charge on any atom is -0.243 e. The van der Waals surface area contributed by atoms with E-state index in [2.05, 4.69) is 0 Å². The molecule has 0 unspecified atom stereocenters. The van der Waals surface area contributed by atoms with Gasteiger partial charge in [0.2, 0.25) is 9.05 Å². The lowest BCUT2D eigenvalue weighted by molar-refractivity contribution is 0.169. The number of hydrogen-bond acceptors (Lipinski definition) is 2. The minimum atomic E-state index is -3.70. The van der Waals surface area contributed by atoms with E-state index in [9.17, 15) is 12.8 Å². The van der Waals surface area contributed by atoms with Gasteiger partial charge < -0.3 is 0 Å². The summed E-state index contributed by atoms with van der Waals surface area (Å²) in [6.07, 6.45) is 4.19. The molecule has 0 heterocycles. The quantitative estimate of drug-likeness (QED) is 0.538. The van der Waals surface area contributed by atoms with Crippen molar-refractivity contribution in [2.24, 2.45) is 0 Å². The van der Waals surface area contributed by atoms with Crippen LogP contribution in [0.3, 0.4) is 0 Å². The second-order valence-electron chi connectivity index (χ2n) is 3.75. The highest BCUT2D eigenvalue weighted by molar-refractivity contribution is 8.13. The Bertz CT molecular complexity index is 255. The van der Waals surface area contributed by atoms with Crippen LogP contribution in [0, 0.1) is 0 Å². The van der Waals surface area contributed by atoms with Gasteiger partial charge in [0, 0.05) is 10.7 Å². The molecule has 13 heavy (non-hydrogen) atoms. The second kappa shape index (κ2) is 4.13. The third-order valence-corrected chi connectivity index (χ3v) is 3.62. The van der Waals surface area contributed by atoms with E-state index in [4.69, 9.17) is 10.7 Å². The maximum atomic E-state index is 13.9. The summed E-state index contributed by atoms with van der Waals surface area (Å²) in [6.45, 7) is 0. The molecule has 0 N–H and O–H groups in total. The third-order valence-electron chi connectivity index (χ3n) is 2.43. The molecule has 2 nitrogen and oxygen atoms in total. The fourth-order valence-corrected chi connectivity index (χ4v) is 3.31. The van der Waals surface area contributed by atoms with Crippen molar-refractivity contribution in [1.29, 1.82) is 0 Å². The molecule has 0 saturated heterocycles. The topological polar surface area (TPSA) is 34.1 Å². The Hall–Kier alpha value is 0.170. The Morgan fingerprint density at radius 3 is 2.00 bits per heavy atom. The van der Waals surface area contributed by atoms with Crippen LogP contribution in [-0.4, -0.2) is 19.8 Å². The van der Waals surface area contributed by atoms with E-state index in [0.29, 0.717) is 12.8 Å². The molecular formula is C8H14ClFO2S. The molecule has 5 heteroatoms. The molecule has 0 radical (unpaired) electrons. The number of rotatable bonds is 2. The smallest absolute Gasteiger partial charge is 0.235 e. The van der Waals surface area contributed by atoms with Gasteiger partial charge in [-0.15, -0.1) is 0 Å². The monoisotopic (exact) mass is 228 g/mol. The Morgan fingerprint density at radius 2 is 1.62 bits per heavy atom. The van der Waals surface area contributed by atoms with Crippen molar-refractivity contribution in [1.82, 2.24) is 0 Å². The summed E-state index contributed by atoms with van der Waals surface area (Å²) in [5.74, 6) is -0.526. The first-order valence-electron chi connectivity index (χ1n) is 4.53. The van der Waals surface area contributed by atoms with Gasteiger partial charge in [-0.05, 0) is 12.8 Å². The fourth-order valence-electron chi connectivity index (χ4n) is 1.82. The molecule has 0 aliphatic heterocycles. The molecule has 1 saturated carbocycles. The number of halogens is 2. The van der Waals surface area contributed by atoms with Crippen molar-refractivity contribution in [3.8, 4) is 0 Å². The summed E-state index contributed by atoms with van der Waals surface area (Å²) in [7, 11) is 1.34. The van der Waals surface area contributed by atoms with Crippen LogP contribution in [0.2, 0.25) is 0 Å². The summed E-state index contributed by atoms with van der Waals surface area (Å²) in [6, 6.07) is 0. The Labute approximate surface area is 82.9 Å². The Balaban J connectivity index is 2.62. The average molecular weight is 229 g/mol. The summed E-state index contributed by atoms with van der Waals surface area (Å²) in [5, 5.41) is 0. The highest BCUT2D eigenvalue weighted by Gasteiger charge is 2.34. The van der Waals surface area contributed by atoms with Crippen LogP contribution >= 0.6 is 10.7 Å². The van der Waals surface area contributed by atoms with Crippen molar-refractivity contribution in [3.63, 3.8) is 0 Å². The van der Waals surface area contributed by atoms with Crippen LogP contribution < -0.4 is 0 Å². The van der Waals surface area contributed by atoms with Crippen LogP contribution in [0.15, 0.2) is 0 Å². The van der Waals surface area contributed by atoms with E-state index in [-0.39, 0.29) is 0 Å². The maximum Gasteiger partial charge on any atom is 0.235 e. The molecule has 78 valence electrons. The van der Waals surface area contributed by atoms with Crippen LogP contribution in [0.1, 0.15) is 38.5 Å². The van der Waals surface area contributed by atoms with Gasteiger partial charge in [0.05, 0.1) is 5.75 Å². The molecule has 0 aromatic heterocycles. The van der Waals surface area contributed by atoms with Crippen LogP contribution in [0.4, 0.5) is 4.39 Å². The lowest BCUT2D eigenvalue weighted by Crippen LogP contribution is -2.30. The largest absolute Gasteiger partial charge is 0.243 e. The lowest BCUT2D eigenvalue weighted by Gasteiger charge is -2.21. The summed E-state index contributed by atoms with van der Waals surface area (Å²) < 4.78 is 35.3. The van der Waals surface area contributed by atoms with Crippen LogP contribution in [0.25, 0.3) is 0 Å². The van der Waals surface area contributed by atoms with E-state index in [1.165, 1.54) is 0 Å². The van der Waals surface area contributed by atoms with E-state index in [1.807, 2.05) is 0 Å². The molecule has 0 aromatic rings. The van der Waals surface area contributed by atoms with E-state index >= 15 is 0 Å². The lowest BCUT2D eigenvalue weighted by atomic mass is 9.99. The molecular weight excluding hydrogens is 215 g/mol. The molecule has 0 amide bonds. The van der Waals surface area contributed by atoms with Crippen LogP contribution in [-0.2, 0) is 9.05 Å². The van der Waals surface area contributed by atoms with Crippen molar-refractivity contribution in [2.75, 3.05) is 5.75 Å². The normalized spacial score (nSPS) is 23.8. The van der Waals surface area contributed by atoms with Gasteiger partial charge in [-0.3, -0.25) is 0 Å². The molecule has 0 spiro atoms. The summed E-state index contributed by atoms with van der Waals surface area (Å²) in [4.78, 5) is 0. The molecule has 0 atom stereocenters. The number of hydrogen-bond donors (Lipinski definition) is 0. The van der Waals surface area contributed by atoms with Gasteiger partial charge in [0.15, 0.2) is 0 Å². The molecule has 0 aromatic carbocycles. The van der Waals surface area contributed by atoms with Crippen LogP contribution in [0.5, 0.6) is 0 Å². The Kier molecular flexibility index (Phi) is 3.57. The Morgan fingerprint density at radius 1 is 1.15 bits per heavy atom. The molecule has 0 bridgehead atoms. The zero-order valence-electron chi connectivity index (χ0n) is 7.43. The molecule has 1 aliphatic carbocycles. The van der Waals surface area contributed by atoms with Gasteiger partial charge in [0.1, 0.15) is 5.67 Å². The first-order chi connectivity index (χ1) is 5.91. The fraction of sp³-hybridized carbons (Fsp3) is 1.00. The van der Waals surface area contributed by atoms with E-state index in [1.54, 1.807) is 0 Å². The van der Waals surface area contributed by atoms with Gasteiger partial charge >= 0.3 is 0 Å². The zero-order chi connectivity index (χ0) is 9.95. The highest BCUT2D eigenvalue weighted by atomic mass is 35.7. The third kappa shape index (κ3) is 4.27. The van der Waals surface area contributed by atoms with Gasteiger partial charge in [-0.25, -0.2) is 12.8 Å². The molecule has 1 rings (SSSR count). The standard InChI is InChI=1S/C8H14ClFO2S/c9-13(11,12)7-8(10)5-3-1-2-4-6-8/h1-7H2. The molecule has 1 aliphatic rings. The van der Waals surface area contributed by atoms with E-state index < -0.39 is 20.5 Å². The van der Waals surface area contributed by atoms with E-state index in [0.717, 1.165) is 25.7 Å². The first-order valence-corrected chi connectivity index (χ1v) is 7.00. The van der Waals surface area contributed by atoms with Gasteiger partial charge in [-0.2, -0.15) is 0 Å². The highest BCUT2D eigenvalue weighted by Crippen LogP contribution is 2.32. The predicted molar refractivity (Wildman–Crippen MR) is 51.2 cm³/mol. The van der Waals surface area contributed by atoms with Crippen molar-refractivity contribution < 1.29 is 12.8 Å². The van der Waals surface area contributed by atoms with Gasteiger partial charge in [0.25, 0.3) is 0 Å². The van der Waals surface area contributed by atoms with Crippen molar-refractivity contribution >= 4 is 19.7 Å². The summed E-state index contributed by atoms with van der Waals surface area (Å²) in [5.41, 5.74) is -1.57. The zero-order valence-corrected chi connectivity index (χ0v) is 9.00. The van der Waals surface area contributed by atoms with Crippen molar-refractivity contribution in [2.45, 2.75) is 44.2 Å². The SMILES string of the molecule is O=S(=O)(Cl)CC1(F)CCCCCC1. The predicted octanol–water partition coefficient (Wildman–Crippen LogP) is 2.62. The minimum absolute atomic E-state index is 0.332. The van der Waals surface area contributed by atoms with Gasteiger partial charge in [-0.1, -0.05) is 25.7 Å². The second-order valence-corrected chi connectivity index (χ2v) is 6.53. The van der Waals surface area contributed by atoms with Crippen molar-refractivity contribution in [3.05, 3.63) is 0 Å². The maximum absolute atomic E-state index is 13.9.